The molecule has 0 aliphatic heterocycles. The lowest BCUT2D eigenvalue weighted by molar-refractivity contribution is 1.50. The standard InChI is InChI=1S/C17H17NSSi/c1-20(2,3)14-6-4-5-12-13-8-7-11-9-10-18-15(11)17(13)19-16(12)14/h4-10,18H,1-3H3. The number of hydrogen-bond acceptors (Lipinski definition) is 1. The van der Waals surface area contributed by atoms with Crippen molar-refractivity contribution in [2.75, 3.05) is 0 Å². The third-order valence-electron chi connectivity index (χ3n) is 4.00. The first kappa shape index (κ1) is 12.2. The zero-order valence-electron chi connectivity index (χ0n) is 11.9. The second kappa shape index (κ2) is 3.96. The Morgan fingerprint density at radius 2 is 1.70 bits per heavy atom. The lowest BCUT2D eigenvalue weighted by atomic mass is 10.1. The number of thiophene rings is 1. The van der Waals surface area contributed by atoms with Crippen LogP contribution in [0.25, 0.3) is 31.1 Å². The molecule has 0 radical (unpaired) electrons. The van der Waals surface area contributed by atoms with E-state index in [9.17, 15) is 0 Å². The van der Waals surface area contributed by atoms with Crippen molar-refractivity contribution in [3.05, 3.63) is 42.6 Å². The Morgan fingerprint density at radius 1 is 0.900 bits per heavy atom. The van der Waals surface area contributed by atoms with Gasteiger partial charge in [-0.05, 0) is 11.3 Å². The van der Waals surface area contributed by atoms with Crippen LogP contribution in [0, 0.1) is 0 Å². The van der Waals surface area contributed by atoms with Crippen molar-refractivity contribution in [3.8, 4) is 0 Å². The van der Waals surface area contributed by atoms with E-state index in [0.717, 1.165) is 0 Å². The molecule has 0 aliphatic carbocycles. The molecule has 20 heavy (non-hydrogen) atoms. The molecule has 1 N–H and O–H groups in total. The molecule has 0 saturated carbocycles. The van der Waals surface area contributed by atoms with E-state index >= 15 is 0 Å². The Hall–Kier alpha value is -1.58. The summed E-state index contributed by atoms with van der Waals surface area (Å²) in [5, 5.41) is 5.69. The molecule has 4 rings (SSSR count). The minimum absolute atomic E-state index is 1.28. The summed E-state index contributed by atoms with van der Waals surface area (Å²) in [6.07, 6.45) is 2.04. The normalized spacial score (nSPS) is 12.8. The summed E-state index contributed by atoms with van der Waals surface area (Å²) in [5.41, 5.74) is 1.28. The first-order valence-corrected chi connectivity index (χ1v) is 11.3. The molecule has 0 aliphatic rings. The maximum absolute atomic E-state index is 3.40. The van der Waals surface area contributed by atoms with Crippen LogP contribution in [0.1, 0.15) is 0 Å². The van der Waals surface area contributed by atoms with E-state index in [4.69, 9.17) is 0 Å². The number of benzene rings is 2. The number of nitrogens with one attached hydrogen (secondary N) is 1. The van der Waals surface area contributed by atoms with Gasteiger partial charge in [0.05, 0.1) is 18.3 Å². The highest BCUT2D eigenvalue weighted by molar-refractivity contribution is 7.28. The zero-order valence-corrected chi connectivity index (χ0v) is 13.8. The molecular weight excluding hydrogens is 278 g/mol. The summed E-state index contributed by atoms with van der Waals surface area (Å²) in [4.78, 5) is 3.40. The number of aromatic amines is 1. The van der Waals surface area contributed by atoms with Gasteiger partial charge in [-0.2, -0.15) is 0 Å². The van der Waals surface area contributed by atoms with Gasteiger partial charge >= 0.3 is 0 Å². The van der Waals surface area contributed by atoms with Gasteiger partial charge in [-0.3, -0.25) is 0 Å². The van der Waals surface area contributed by atoms with Crippen LogP contribution in [0.3, 0.4) is 0 Å². The summed E-state index contributed by atoms with van der Waals surface area (Å²) in [7, 11) is -1.31. The molecule has 3 heteroatoms. The first-order chi connectivity index (χ1) is 9.55. The highest BCUT2D eigenvalue weighted by atomic mass is 32.1. The van der Waals surface area contributed by atoms with E-state index in [0.29, 0.717) is 0 Å². The van der Waals surface area contributed by atoms with E-state index in [1.54, 1.807) is 5.19 Å². The third kappa shape index (κ3) is 1.60. The van der Waals surface area contributed by atoms with Crippen LogP contribution in [-0.2, 0) is 0 Å². The monoisotopic (exact) mass is 295 g/mol. The SMILES string of the molecule is C[Si](C)(C)c1cccc2c1sc1c2ccc2cc[nH]c21. The van der Waals surface area contributed by atoms with Gasteiger partial charge in [0.2, 0.25) is 0 Å². The van der Waals surface area contributed by atoms with Crippen molar-refractivity contribution in [1.29, 1.82) is 0 Å². The maximum Gasteiger partial charge on any atom is 0.0794 e. The third-order valence-corrected chi connectivity index (χ3v) is 7.48. The fourth-order valence-electron chi connectivity index (χ4n) is 2.97. The quantitative estimate of drug-likeness (QED) is 0.471. The minimum Gasteiger partial charge on any atom is -0.360 e. The van der Waals surface area contributed by atoms with E-state index in [1.165, 1.54) is 31.1 Å². The molecule has 1 nitrogen and oxygen atoms in total. The predicted molar refractivity (Wildman–Crippen MR) is 94.2 cm³/mol. The van der Waals surface area contributed by atoms with Gasteiger partial charge < -0.3 is 4.98 Å². The Morgan fingerprint density at radius 3 is 2.50 bits per heavy atom. The van der Waals surface area contributed by atoms with Crippen LogP contribution in [0.5, 0.6) is 0 Å². The van der Waals surface area contributed by atoms with Crippen molar-refractivity contribution in [2.45, 2.75) is 19.6 Å². The maximum atomic E-state index is 3.40. The van der Waals surface area contributed by atoms with Crippen LogP contribution in [-0.4, -0.2) is 13.1 Å². The molecule has 2 heterocycles. The minimum atomic E-state index is -1.31. The molecular formula is C17H17NSSi. The molecule has 4 aromatic rings. The van der Waals surface area contributed by atoms with E-state index in [2.05, 4.69) is 61.0 Å². The molecule has 100 valence electrons. The Bertz CT molecular complexity index is 940. The summed E-state index contributed by atoms with van der Waals surface area (Å²) >= 11 is 1.95. The van der Waals surface area contributed by atoms with Crippen molar-refractivity contribution in [1.82, 2.24) is 4.98 Å². The Balaban J connectivity index is 2.23. The second-order valence-electron chi connectivity index (χ2n) is 6.42. The lowest BCUT2D eigenvalue weighted by Crippen LogP contribution is -2.37. The Labute approximate surface area is 123 Å². The fourth-order valence-corrected chi connectivity index (χ4v) is 6.69. The lowest BCUT2D eigenvalue weighted by Gasteiger charge is -2.17. The highest BCUT2D eigenvalue weighted by Gasteiger charge is 2.21. The molecule has 2 aromatic heterocycles. The average Bonchev–Trinajstić information content (AvgIpc) is 3.00. The molecule has 0 spiro atoms. The van der Waals surface area contributed by atoms with E-state index in [1.807, 2.05) is 17.5 Å². The van der Waals surface area contributed by atoms with Crippen LogP contribution < -0.4 is 5.19 Å². The van der Waals surface area contributed by atoms with Crippen molar-refractivity contribution < 1.29 is 0 Å². The van der Waals surface area contributed by atoms with Crippen molar-refractivity contribution in [2.24, 2.45) is 0 Å². The smallest absolute Gasteiger partial charge is 0.0794 e. The summed E-state index contributed by atoms with van der Waals surface area (Å²) in [5.74, 6) is 0. The van der Waals surface area contributed by atoms with Crippen LogP contribution in [0.2, 0.25) is 19.6 Å². The van der Waals surface area contributed by atoms with Gasteiger partial charge in [0.15, 0.2) is 0 Å². The average molecular weight is 295 g/mol. The predicted octanol–water partition coefficient (Wildman–Crippen LogP) is 5.08. The summed E-state index contributed by atoms with van der Waals surface area (Å²) < 4.78 is 2.89. The fraction of sp³-hybridized carbons (Fsp3) is 0.176. The first-order valence-electron chi connectivity index (χ1n) is 6.97. The number of aromatic nitrogens is 1. The van der Waals surface area contributed by atoms with Gasteiger partial charge in [0, 0.05) is 27.1 Å². The second-order valence-corrected chi connectivity index (χ2v) is 12.5. The topological polar surface area (TPSA) is 15.8 Å². The summed E-state index contributed by atoms with van der Waals surface area (Å²) in [6.45, 7) is 7.28. The molecule has 0 amide bonds. The largest absolute Gasteiger partial charge is 0.360 e. The van der Waals surface area contributed by atoms with Gasteiger partial charge in [-0.25, -0.2) is 0 Å². The highest BCUT2D eigenvalue weighted by Crippen LogP contribution is 2.37. The molecule has 0 bridgehead atoms. The van der Waals surface area contributed by atoms with Gasteiger partial charge in [0.1, 0.15) is 0 Å². The van der Waals surface area contributed by atoms with Crippen LogP contribution in [0.4, 0.5) is 0 Å². The molecule has 0 saturated heterocycles. The zero-order chi connectivity index (χ0) is 13.9. The van der Waals surface area contributed by atoms with E-state index in [-0.39, 0.29) is 0 Å². The van der Waals surface area contributed by atoms with Crippen LogP contribution >= 0.6 is 11.3 Å². The van der Waals surface area contributed by atoms with Gasteiger partial charge in [0.25, 0.3) is 0 Å². The van der Waals surface area contributed by atoms with Crippen molar-refractivity contribution >= 4 is 55.7 Å². The number of rotatable bonds is 1. The van der Waals surface area contributed by atoms with E-state index < -0.39 is 8.07 Å². The molecule has 0 unspecified atom stereocenters. The van der Waals surface area contributed by atoms with Crippen LogP contribution in [0.15, 0.2) is 42.6 Å². The number of H-pyrrole nitrogens is 1. The molecule has 0 fully saturated rings. The van der Waals surface area contributed by atoms with Gasteiger partial charge in [-0.15, -0.1) is 11.3 Å². The number of hydrogen-bond donors (Lipinski definition) is 1. The number of fused-ring (bicyclic) bond motifs is 5. The summed E-state index contributed by atoms with van der Waals surface area (Å²) in [6, 6.07) is 13.5. The van der Waals surface area contributed by atoms with Crippen molar-refractivity contribution in [3.63, 3.8) is 0 Å². The Kier molecular flexibility index (Phi) is 2.41. The molecule has 0 atom stereocenters. The van der Waals surface area contributed by atoms with Gasteiger partial charge in [-0.1, -0.05) is 50.0 Å². The molecule has 2 aromatic carbocycles.